The molecule has 15 heavy (non-hydrogen) atoms. The summed E-state index contributed by atoms with van der Waals surface area (Å²) in [4.78, 5) is 0. The highest BCUT2D eigenvalue weighted by molar-refractivity contribution is 5.23. The van der Waals surface area contributed by atoms with Gasteiger partial charge in [-0.05, 0) is 17.0 Å². The summed E-state index contributed by atoms with van der Waals surface area (Å²) in [5.41, 5.74) is 0.243. The van der Waals surface area contributed by atoms with Gasteiger partial charge in [-0.25, -0.2) is 0 Å². The maximum atomic E-state index is 13.1. The lowest BCUT2D eigenvalue weighted by atomic mass is 9.81. The quantitative estimate of drug-likeness (QED) is 0.744. The molecule has 0 N–H and O–H groups in total. The SMILES string of the molecule is COC(F)(F)CC(C)(C)c1cc[c]cc1. The van der Waals surface area contributed by atoms with Crippen molar-refractivity contribution < 1.29 is 13.5 Å². The standard InChI is InChI=1S/C12H15F2O/c1-11(2,9-12(13,14)15-3)10-7-5-4-6-8-10/h5-8H,9H2,1-3H3. The molecule has 0 spiro atoms. The summed E-state index contributed by atoms with van der Waals surface area (Å²) in [6.45, 7) is 3.55. The van der Waals surface area contributed by atoms with Crippen LogP contribution >= 0.6 is 0 Å². The van der Waals surface area contributed by atoms with E-state index in [0.29, 0.717) is 0 Å². The second kappa shape index (κ2) is 4.27. The largest absolute Gasteiger partial charge is 0.356 e. The van der Waals surface area contributed by atoms with Crippen molar-refractivity contribution in [1.82, 2.24) is 0 Å². The van der Waals surface area contributed by atoms with Crippen molar-refractivity contribution in [2.24, 2.45) is 0 Å². The van der Waals surface area contributed by atoms with Crippen molar-refractivity contribution in [2.75, 3.05) is 7.11 Å². The monoisotopic (exact) mass is 213 g/mol. The molecule has 1 radical (unpaired) electrons. The van der Waals surface area contributed by atoms with Gasteiger partial charge < -0.3 is 4.74 Å². The first kappa shape index (κ1) is 12.1. The van der Waals surface area contributed by atoms with E-state index in [0.717, 1.165) is 12.7 Å². The zero-order valence-electron chi connectivity index (χ0n) is 9.18. The van der Waals surface area contributed by atoms with Crippen LogP contribution < -0.4 is 0 Å². The fourth-order valence-corrected chi connectivity index (χ4v) is 1.53. The van der Waals surface area contributed by atoms with Crippen molar-refractivity contribution in [1.29, 1.82) is 0 Å². The average Bonchev–Trinajstić information content (AvgIpc) is 2.18. The molecule has 0 aromatic heterocycles. The van der Waals surface area contributed by atoms with Crippen LogP contribution in [-0.2, 0) is 10.2 Å². The molecule has 1 aromatic carbocycles. The third kappa shape index (κ3) is 3.27. The minimum Gasteiger partial charge on any atom is -0.324 e. The van der Waals surface area contributed by atoms with Gasteiger partial charge in [0.15, 0.2) is 0 Å². The molecule has 0 bridgehead atoms. The van der Waals surface area contributed by atoms with Gasteiger partial charge in [-0.1, -0.05) is 38.1 Å². The average molecular weight is 213 g/mol. The molecular formula is C12H15F2O. The molecule has 0 atom stereocenters. The predicted molar refractivity (Wildman–Crippen MR) is 54.9 cm³/mol. The van der Waals surface area contributed by atoms with Crippen LogP contribution in [0.4, 0.5) is 8.78 Å². The molecule has 1 aromatic rings. The lowest BCUT2D eigenvalue weighted by Crippen LogP contribution is -2.30. The van der Waals surface area contributed by atoms with Crippen molar-refractivity contribution in [3.63, 3.8) is 0 Å². The summed E-state index contributed by atoms with van der Waals surface area (Å²) in [5.74, 6) is 0. The van der Waals surface area contributed by atoms with Crippen LogP contribution in [0.1, 0.15) is 25.8 Å². The van der Waals surface area contributed by atoms with Crippen LogP contribution in [0.25, 0.3) is 0 Å². The molecule has 0 unspecified atom stereocenters. The normalized spacial score (nSPS) is 12.9. The molecule has 0 aliphatic carbocycles. The van der Waals surface area contributed by atoms with E-state index in [2.05, 4.69) is 10.8 Å². The summed E-state index contributed by atoms with van der Waals surface area (Å²) >= 11 is 0. The first-order valence-corrected chi connectivity index (χ1v) is 4.77. The van der Waals surface area contributed by atoms with Gasteiger partial charge in [-0.3, -0.25) is 0 Å². The zero-order valence-corrected chi connectivity index (χ0v) is 9.18. The number of methoxy groups -OCH3 is 1. The van der Waals surface area contributed by atoms with Gasteiger partial charge in [0, 0.05) is 13.5 Å². The maximum absolute atomic E-state index is 13.1. The number of rotatable bonds is 4. The van der Waals surface area contributed by atoms with Crippen molar-refractivity contribution in [2.45, 2.75) is 31.8 Å². The predicted octanol–water partition coefficient (Wildman–Crippen LogP) is 3.39. The Kier molecular flexibility index (Phi) is 3.45. The fourth-order valence-electron chi connectivity index (χ4n) is 1.53. The Hall–Kier alpha value is -0.960. The second-order valence-electron chi connectivity index (χ2n) is 4.19. The van der Waals surface area contributed by atoms with Gasteiger partial charge in [0.05, 0.1) is 0 Å². The van der Waals surface area contributed by atoms with Crippen molar-refractivity contribution >= 4 is 0 Å². The van der Waals surface area contributed by atoms with E-state index in [1.165, 1.54) is 0 Å². The summed E-state index contributed by atoms with van der Waals surface area (Å²) < 4.78 is 30.4. The van der Waals surface area contributed by atoms with Crippen LogP contribution in [0, 0.1) is 6.07 Å². The Balaban J connectivity index is 2.85. The van der Waals surface area contributed by atoms with E-state index in [1.54, 1.807) is 38.1 Å². The zero-order chi connectivity index (χ0) is 11.5. The van der Waals surface area contributed by atoms with Crippen LogP contribution in [0.3, 0.4) is 0 Å². The van der Waals surface area contributed by atoms with Crippen LogP contribution in [0.5, 0.6) is 0 Å². The lowest BCUT2D eigenvalue weighted by molar-refractivity contribution is -0.233. The van der Waals surface area contributed by atoms with Gasteiger partial charge in [0.2, 0.25) is 0 Å². The molecule has 0 heterocycles. The minimum atomic E-state index is -3.08. The fraction of sp³-hybridized carbons (Fsp3) is 0.500. The third-order valence-electron chi connectivity index (χ3n) is 2.45. The van der Waals surface area contributed by atoms with Crippen LogP contribution in [0.2, 0.25) is 0 Å². The number of hydrogen-bond acceptors (Lipinski definition) is 1. The van der Waals surface area contributed by atoms with E-state index in [1.807, 2.05) is 0 Å². The van der Waals surface area contributed by atoms with E-state index < -0.39 is 11.5 Å². The Labute approximate surface area is 89.1 Å². The highest BCUT2D eigenvalue weighted by Crippen LogP contribution is 2.35. The van der Waals surface area contributed by atoms with Crippen molar-refractivity contribution in [3.8, 4) is 0 Å². The topological polar surface area (TPSA) is 9.23 Å². The summed E-state index contributed by atoms with van der Waals surface area (Å²) in [6.07, 6.45) is -3.41. The smallest absolute Gasteiger partial charge is 0.324 e. The van der Waals surface area contributed by atoms with Gasteiger partial charge in [0.25, 0.3) is 0 Å². The summed E-state index contributed by atoms with van der Waals surface area (Å²) in [5, 5.41) is 0. The Bertz CT molecular complexity index is 307. The van der Waals surface area contributed by atoms with E-state index in [9.17, 15) is 8.78 Å². The minimum absolute atomic E-state index is 0.333. The Morgan fingerprint density at radius 1 is 1.27 bits per heavy atom. The molecular weight excluding hydrogens is 198 g/mol. The first-order chi connectivity index (χ1) is 6.87. The number of benzene rings is 1. The first-order valence-electron chi connectivity index (χ1n) is 4.77. The highest BCUT2D eigenvalue weighted by atomic mass is 19.3. The summed E-state index contributed by atoms with van der Waals surface area (Å²) in [6, 6.07) is 9.91. The molecule has 0 amide bonds. The molecule has 0 aliphatic rings. The lowest BCUT2D eigenvalue weighted by Gasteiger charge is -2.28. The van der Waals surface area contributed by atoms with Gasteiger partial charge in [0.1, 0.15) is 0 Å². The molecule has 1 rings (SSSR count). The molecule has 3 heteroatoms. The number of alkyl halides is 2. The molecule has 0 aliphatic heterocycles. The van der Waals surface area contributed by atoms with E-state index >= 15 is 0 Å². The number of ether oxygens (including phenoxy) is 1. The second-order valence-corrected chi connectivity index (χ2v) is 4.19. The molecule has 83 valence electrons. The molecule has 0 saturated heterocycles. The Morgan fingerprint density at radius 3 is 2.27 bits per heavy atom. The maximum Gasteiger partial charge on any atom is 0.356 e. The molecule has 0 fully saturated rings. The van der Waals surface area contributed by atoms with Crippen molar-refractivity contribution in [3.05, 3.63) is 35.9 Å². The number of hydrogen-bond donors (Lipinski definition) is 0. The third-order valence-corrected chi connectivity index (χ3v) is 2.45. The van der Waals surface area contributed by atoms with Crippen LogP contribution in [0.15, 0.2) is 24.3 Å². The van der Waals surface area contributed by atoms with E-state index in [4.69, 9.17) is 0 Å². The van der Waals surface area contributed by atoms with Crippen LogP contribution in [-0.4, -0.2) is 13.2 Å². The molecule has 0 saturated carbocycles. The van der Waals surface area contributed by atoms with Gasteiger partial charge >= 0.3 is 6.11 Å². The Morgan fingerprint density at radius 2 is 1.80 bits per heavy atom. The summed E-state index contributed by atoms with van der Waals surface area (Å²) in [7, 11) is 1.02. The highest BCUT2D eigenvalue weighted by Gasteiger charge is 2.37. The van der Waals surface area contributed by atoms with Gasteiger partial charge in [-0.2, -0.15) is 8.78 Å². The van der Waals surface area contributed by atoms with Gasteiger partial charge in [-0.15, -0.1) is 0 Å². The van der Waals surface area contributed by atoms with E-state index in [-0.39, 0.29) is 6.42 Å². The number of halogens is 2. The molecule has 1 nitrogen and oxygen atoms in total.